The molecule has 0 bridgehead atoms. The van der Waals surface area contributed by atoms with Gasteiger partial charge in [0.2, 0.25) is 0 Å². The first-order valence-electron chi connectivity index (χ1n) is 3.63. The monoisotopic (exact) mass is 338 g/mol. The summed E-state index contributed by atoms with van der Waals surface area (Å²) in [7, 11) is 0. The van der Waals surface area contributed by atoms with E-state index < -0.39 is 0 Å². The fourth-order valence-corrected chi connectivity index (χ4v) is 0.906. The van der Waals surface area contributed by atoms with Gasteiger partial charge in [0, 0.05) is 5.56 Å². The zero-order valence-electron chi connectivity index (χ0n) is 7.72. The molecule has 66 valence electrons. The maximum atomic E-state index is 10.8. The molecule has 1 aromatic rings. The molecule has 0 heterocycles. The van der Waals surface area contributed by atoms with Gasteiger partial charge in [-0.1, -0.05) is 29.8 Å². The Kier molecular flexibility index (Phi) is 9.22. The molecule has 0 saturated carbocycles. The Hall–Kier alpha value is 0.243. The maximum Gasteiger partial charge on any atom is 2.00 e. The van der Waals surface area contributed by atoms with Crippen LogP contribution < -0.4 is 24.0 Å². The van der Waals surface area contributed by atoms with Crippen molar-refractivity contribution in [3.63, 3.8) is 0 Å². The minimum Gasteiger partial charge on any atom is -1.00 e. The third-order valence-corrected chi connectivity index (χ3v) is 1.65. The Morgan fingerprint density at radius 3 is 2.08 bits per heavy atom. The fraction of sp³-hybridized carbons (Fsp3) is 0.200. The number of benzene rings is 1. The van der Waals surface area contributed by atoms with Crippen molar-refractivity contribution < 1.29 is 48.2 Å². The number of ketones is 1. The second-order valence-corrected chi connectivity index (χ2v) is 2.50. The van der Waals surface area contributed by atoms with E-state index >= 15 is 0 Å². The topological polar surface area (TPSA) is 17.1 Å². The van der Waals surface area contributed by atoms with E-state index in [0.29, 0.717) is 0 Å². The van der Waals surface area contributed by atoms with E-state index in [2.05, 4.69) is 6.92 Å². The SMILES string of the molecule is [CH2-]Cc1ccc(C(C)=O)cc1.[I-].[Zn+2]. The van der Waals surface area contributed by atoms with Crippen LogP contribution in [-0.4, -0.2) is 5.78 Å². The van der Waals surface area contributed by atoms with Gasteiger partial charge in [-0.2, -0.15) is 6.42 Å². The van der Waals surface area contributed by atoms with Crippen LogP contribution >= 0.6 is 0 Å². The van der Waals surface area contributed by atoms with Gasteiger partial charge in [0.15, 0.2) is 5.78 Å². The normalized spacial score (nSPS) is 8.15. The molecule has 1 nitrogen and oxygen atoms in total. The average Bonchev–Trinajstić information content (AvgIpc) is 2.05. The zero-order chi connectivity index (χ0) is 8.27. The Labute approximate surface area is 109 Å². The molecule has 0 aliphatic carbocycles. The number of halogens is 1. The van der Waals surface area contributed by atoms with Gasteiger partial charge in [-0.05, 0) is 6.92 Å². The Morgan fingerprint density at radius 1 is 1.31 bits per heavy atom. The van der Waals surface area contributed by atoms with E-state index in [1.54, 1.807) is 6.92 Å². The molecule has 1 aromatic carbocycles. The van der Waals surface area contributed by atoms with Crippen LogP contribution in [0.4, 0.5) is 0 Å². The molecule has 0 N–H and O–H groups in total. The van der Waals surface area contributed by atoms with E-state index in [4.69, 9.17) is 0 Å². The molecule has 0 spiro atoms. The third-order valence-electron chi connectivity index (χ3n) is 1.65. The summed E-state index contributed by atoms with van der Waals surface area (Å²) >= 11 is 0. The van der Waals surface area contributed by atoms with Crippen molar-refractivity contribution in [2.75, 3.05) is 0 Å². The number of carbonyl (C=O) groups is 1. The molecule has 0 amide bonds. The zero-order valence-corrected chi connectivity index (χ0v) is 12.8. The molecule has 0 radical (unpaired) electrons. The standard InChI is InChI=1S/C10H11O.HI.Zn/c1-3-9-4-6-10(7-5-9)8(2)11;;/h4-7H,1,3H2,2H3;1H;/q-1;;+2/p-1. The smallest absolute Gasteiger partial charge is 1.00 e. The molecule has 0 fully saturated rings. The number of hydrogen-bond acceptors (Lipinski definition) is 1. The first-order chi connectivity index (χ1) is 5.24. The molecule has 0 aliphatic heterocycles. The summed E-state index contributed by atoms with van der Waals surface area (Å²) in [5.74, 6) is 0.112. The quantitative estimate of drug-likeness (QED) is 0.300. The van der Waals surface area contributed by atoms with Crippen LogP contribution in [0.3, 0.4) is 0 Å². The van der Waals surface area contributed by atoms with Crippen molar-refractivity contribution in [1.82, 2.24) is 0 Å². The molecule has 13 heavy (non-hydrogen) atoms. The maximum absolute atomic E-state index is 10.8. The number of rotatable bonds is 2. The Balaban J connectivity index is 0. The van der Waals surface area contributed by atoms with Crippen molar-refractivity contribution in [2.45, 2.75) is 13.3 Å². The van der Waals surface area contributed by atoms with Gasteiger partial charge >= 0.3 is 19.5 Å². The predicted octanol–water partition coefficient (Wildman–Crippen LogP) is -0.733. The van der Waals surface area contributed by atoms with Gasteiger partial charge in [0.05, 0.1) is 0 Å². The molecule has 1 rings (SSSR count). The van der Waals surface area contributed by atoms with Crippen LogP contribution in [0.25, 0.3) is 0 Å². The van der Waals surface area contributed by atoms with Crippen molar-refractivity contribution in [2.24, 2.45) is 0 Å². The van der Waals surface area contributed by atoms with Gasteiger partial charge in [0.25, 0.3) is 0 Å². The summed E-state index contributed by atoms with van der Waals surface area (Å²) in [6.45, 7) is 5.31. The third kappa shape index (κ3) is 4.87. The van der Waals surface area contributed by atoms with E-state index in [1.165, 1.54) is 0 Å². The number of carbonyl (C=O) groups excluding carboxylic acids is 1. The van der Waals surface area contributed by atoms with Crippen molar-refractivity contribution in [1.29, 1.82) is 0 Å². The first-order valence-corrected chi connectivity index (χ1v) is 3.63. The number of Topliss-reactive ketones (excluding diaryl/α,β-unsaturated/α-hetero) is 1. The molecule has 0 aliphatic rings. The van der Waals surface area contributed by atoms with Gasteiger partial charge < -0.3 is 30.9 Å². The van der Waals surface area contributed by atoms with E-state index in [1.807, 2.05) is 24.3 Å². The Bertz CT molecular complexity index is 256. The van der Waals surface area contributed by atoms with Crippen LogP contribution in [-0.2, 0) is 25.9 Å². The van der Waals surface area contributed by atoms with Gasteiger partial charge in [-0.3, -0.25) is 4.79 Å². The molecule has 3 heteroatoms. The molecular formula is C10H11IOZn. The van der Waals surface area contributed by atoms with E-state index in [0.717, 1.165) is 17.5 Å². The van der Waals surface area contributed by atoms with E-state index in [9.17, 15) is 4.79 Å². The van der Waals surface area contributed by atoms with Gasteiger partial charge in [-0.15, -0.1) is 0 Å². The molecular weight excluding hydrogens is 328 g/mol. The van der Waals surface area contributed by atoms with Crippen LogP contribution in [0, 0.1) is 6.92 Å². The summed E-state index contributed by atoms with van der Waals surface area (Å²) < 4.78 is 0. The molecule has 0 saturated heterocycles. The van der Waals surface area contributed by atoms with Gasteiger partial charge in [0.1, 0.15) is 0 Å². The summed E-state index contributed by atoms with van der Waals surface area (Å²) in [6, 6.07) is 7.54. The van der Waals surface area contributed by atoms with Gasteiger partial charge in [-0.25, -0.2) is 0 Å². The van der Waals surface area contributed by atoms with Crippen molar-refractivity contribution in [3.8, 4) is 0 Å². The predicted molar refractivity (Wildman–Crippen MR) is 45.5 cm³/mol. The second-order valence-electron chi connectivity index (χ2n) is 2.50. The first kappa shape index (κ1) is 15.7. The fourth-order valence-electron chi connectivity index (χ4n) is 0.906. The minimum absolute atomic E-state index is 0. The molecule has 0 aromatic heterocycles. The van der Waals surface area contributed by atoms with Crippen molar-refractivity contribution in [3.05, 3.63) is 42.3 Å². The van der Waals surface area contributed by atoms with Crippen LogP contribution in [0.15, 0.2) is 24.3 Å². The van der Waals surface area contributed by atoms with Crippen molar-refractivity contribution >= 4 is 5.78 Å². The van der Waals surface area contributed by atoms with E-state index in [-0.39, 0.29) is 49.2 Å². The largest absolute Gasteiger partial charge is 2.00 e. The molecule has 0 unspecified atom stereocenters. The Morgan fingerprint density at radius 2 is 1.77 bits per heavy atom. The number of hydrogen-bond donors (Lipinski definition) is 0. The molecule has 0 atom stereocenters. The summed E-state index contributed by atoms with van der Waals surface area (Å²) in [5.41, 5.74) is 1.93. The van der Waals surface area contributed by atoms with Crippen LogP contribution in [0.5, 0.6) is 0 Å². The summed E-state index contributed by atoms with van der Waals surface area (Å²) in [4.78, 5) is 10.8. The van der Waals surface area contributed by atoms with Crippen LogP contribution in [0.1, 0.15) is 22.8 Å². The summed E-state index contributed by atoms with van der Waals surface area (Å²) in [6.07, 6.45) is 0.776. The summed E-state index contributed by atoms with van der Waals surface area (Å²) in [5, 5.41) is 0. The minimum atomic E-state index is 0. The van der Waals surface area contributed by atoms with Crippen LogP contribution in [0.2, 0.25) is 0 Å². The average molecular weight is 339 g/mol. The second kappa shape index (κ2) is 7.63.